The van der Waals surface area contributed by atoms with Gasteiger partial charge in [0.05, 0.1) is 22.5 Å². The summed E-state index contributed by atoms with van der Waals surface area (Å²) < 4.78 is 25.7. The van der Waals surface area contributed by atoms with Crippen LogP contribution in [0.4, 0.5) is 15.9 Å². The molecule has 2 aliphatic rings. The maximum absolute atomic E-state index is 13.5. The summed E-state index contributed by atoms with van der Waals surface area (Å²) in [5.41, 5.74) is 0.612. The summed E-state index contributed by atoms with van der Waals surface area (Å²) in [6, 6.07) is 4.17. The molecule has 0 radical (unpaired) electrons. The van der Waals surface area contributed by atoms with Crippen LogP contribution in [0, 0.1) is 5.82 Å². The minimum atomic E-state index is -1.00. The van der Waals surface area contributed by atoms with E-state index in [9.17, 15) is 9.18 Å². The summed E-state index contributed by atoms with van der Waals surface area (Å²) in [7, 11) is 7.03. The van der Waals surface area contributed by atoms with Gasteiger partial charge >= 0.3 is 0 Å². The zero-order valence-corrected chi connectivity index (χ0v) is 19.8. The fourth-order valence-electron chi connectivity index (χ4n) is 4.23. The van der Waals surface area contributed by atoms with E-state index in [0.717, 1.165) is 5.22 Å². The van der Waals surface area contributed by atoms with Gasteiger partial charge in [-0.3, -0.25) is 9.69 Å². The molecule has 10 heteroatoms. The lowest BCUT2D eigenvalue weighted by Crippen LogP contribution is -2.45. The molecular formula is C23H27ClFN5O3. The van der Waals surface area contributed by atoms with E-state index < -0.39 is 11.6 Å². The molecule has 1 amide bonds. The maximum atomic E-state index is 13.5. The Hall–Kier alpha value is -2.59. The van der Waals surface area contributed by atoms with E-state index in [-0.39, 0.29) is 23.1 Å². The average molecular weight is 476 g/mol. The molecule has 0 saturated carbocycles. The number of likely N-dealkylation sites (N-methyl/N-ethyl adjacent to an activating group) is 2. The number of carbonyl (C=O) groups excluding carboxylic acids is 1. The fourth-order valence-corrected chi connectivity index (χ4v) is 4.41. The number of carbonyl (C=O) groups is 1. The van der Waals surface area contributed by atoms with Crippen molar-refractivity contribution in [3.63, 3.8) is 0 Å². The number of fused-ring (bicyclic) bond motifs is 1. The molecule has 1 aromatic heterocycles. The number of benzene rings is 1. The molecule has 2 heterocycles. The Kier molecular flexibility index (Phi) is 6.67. The number of hydrogen-bond acceptors (Lipinski definition) is 7. The highest BCUT2D eigenvalue weighted by Crippen LogP contribution is 2.29. The van der Waals surface area contributed by atoms with Gasteiger partial charge in [0.15, 0.2) is 5.79 Å². The highest BCUT2D eigenvalue weighted by Gasteiger charge is 2.41. The van der Waals surface area contributed by atoms with Crippen LogP contribution in [0.5, 0.6) is 0 Å². The molecule has 1 N–H and O–H groups in total. The number of ether oxygens (including phenoxy) is 2. The van der Waals surface area contributed by atoms with E-state index in [1.807, 2.05) is 24.1 Å². The van der Waals surface area contributed by atoms with Crippen molar-refractivity contribution in [2.45, 2.75) is 30.8 Å². The molecule has 1 aliphatic heterocycles. The third-order valence-corrected chi connectivity index (χ3v) is 6.28. The number of aromatic nitrogens is 2. The lowest BCUT2D eigenvalue weighted by atomic mass is 10.0. The first-order valence-electron chi connectivity index (χ1n) is 10.6. The summed E-state index contributed by atoms with van der Waals surface area (Å²) >= 11 is 5.90. The maximum Gasteiger partial charge on any atom is 0.239 e. The Balaban J connectivity index is 1.57. The van der Waals surface area contributed by atoms with Crippen molar-refractivity contribution in [1.82, 2.24) is 19.8 Å². The van der Waals surface area contributed by atoms with E-state index in [1.54, 1.807) is 32.2 Å². The van der Waals surface area contributed by atoms with Gasteiger partial charge in [0.1, 0.15) is 18.0 Å². The molecule has 0 bridgehead atoms. The van der Waals surface area contributed by atoms with Crippen molar-refractivity contribution >= 4 is 41.2 Å². The molecule has 1 aromatic carbocycles. The first kappa shape index (κ1) is 23.6. The van der Waals surface area contributed by atoms with Crippen molar-refractivity contribution in [3.8, 4) is 0 Å². The highest BCUT2D eigenvalue weighted by molar-refractivity contribution is 6.31. The Morgan fingerprint density at radius 3 is 2.85 bits per heavy atom. The van der Waals surface area contributed by atoms with Crippen LogP contribution in [0.25, 0.3) is 12.2 Å². The Bertz CT molecular complexity index is 1180. The molecule has 1 aliphatic carbocycles. The van der Waals surface area contributed by atoms with E-state index in [1.165, 1.54) is 18.5 Å². The molecule has 1 fully saturated rings. The number of halogens is 2. The van der Waals surface area contributed by atoms with Gasteiger partial charge in [-0.25, -0.2) is 14.4 Å². The van der Waals surface area contributed by atoms with E-state index in [4.69, 9.17) is 21.1 Å². The van der Waals surface area contributed by atoms with Crippen LogP contribution in [-0.4, -0.2) is 78.4 Å². The molecule has 4 rings (SSSR count). The number of rotatable bonds is 6. The lowest BCUT2D eigenvalue weighted by Gasteiger charge is -2.32. The van der Waals surface area contributed by atoms with Crippen LogP contribution in [0.15, 0.2) is 24.5 Å². The molecule has 2 aromatic rings. The minimum absolute atomic E-state index is 0.0258. The third kappa shape index (κ3) is 4.86. The van der Waals surface area contributed by atoms with E-state index >= 15 is 0 Å². The predicted octanol–water partition coefficient (Wildman–Crippen LogP) is 1.50. The minimum Gasteiger partial charge on any atom is -0.349 e. The second-order valence-corrected chi connectivity index (χ2v) is 8.91. The SMILES string of the molecule is COC1(O[C@H]2C[C@@H](C(=O)N(C)C)N(C)C2)C=c2ncnc(Nc3ccc(F)c(Cl)c3)c2=CC1. The zero-order valence-electron chi connectivity index (χ0n) is 19.0. The largest absolute Gasteiger partial charge is 0.349 e. The predicted molar refractivity (Wildman–Crippen MR) is 124 cm³/mol. The van der Waals surface area contributed by atoms with Gasteiger partial charge in [-0.1, -0.05) is 17.7 Å². The first-order chi connectivity index (χ1) is 15.7. The summed E-state index contributed by atoms with van der Waals surface area (Å²) in [5.74, 6) is -0.856. The van der Waals surface area contributed by atoms with Crippen molar-refractivity contribution in [3.05, 3.63) is 45.9 Å². The smallest absolute Gasteiger partial charge is 0.239 e. The van der Waals surface area contributed by atoms with E-state index in [0.29, 0.717) is 36.2 Å². The van der Waals surface area contributed by atoms with Crippen LogP contribution in [-0.2, 0) is 14.3 Å². The standard InChI is InChI=1S/C23H27ClFN5O3/c1-29(2)22(31)20-10-15(12-30(20)3)33-23(32-4)8-7-16-19(11-23)26-13-27-21(16)28-14-5-6-18(25)17(24)9-14/h5-7,9,11,13,15,20H,8,10,12H2,1-4H3,(H,26,27,28)/t15-,20-,23?/m0/s1. The molecule has 1 unspecified atom stereocenters. The molecule has 8 nitrogen and oxygen atoms in total. The number of anilines is 2. The topological polar surface area (TPSA) is 79.8 Å². The summed E-state index contributed by atoms with van der Waals surface area (Å²) in [5, 5.41) is 4.64. The molecular weight excluding hydrogens is 449 g/mol. The second kappa shape index (κ2) is 9.34. The Labute approximate surface area is 196 Å². The fraction of sp³-hybridized carbons (Fsp3) is 0.435. The van der Waals surface area contributed by atoms with Crippen LogP contribution < -0.4 is 15.9 Å². The number of amides is 1. The third-order valence-electron chi connectivity index (χ3n) is 5.99. The van der Waals surface area contributed by atoms with Gasteiger partial charge in [-0.05, 0) is 31.7 Å². The molecule has 0 spiro atoms. The number of nitrogens with zero attached hydrogens (tertiary/aromatic N) is 4. The van der Waals surface area contributed by atoms with Crippen LogP contribution in [0.1, 0.15) is 12.8 Å². The van der Waals surface area contributed by atoms with Crippen molar-refractivity contribution in [1.29, 1.82) is 0 Å². The summed E-state index contributed by atoms with van der Waals surface area (Å²) in [4.78, 5) is 24.8. The Morgan fingerprint density at radius 2 is 2.15 bits per heavy atom. The van der Waals surface area contributed by atoms with Crippen LogP contribution in [0.3, 0.4) is 0 Å². The van der Waals surface area contributed by atoms with Crippen LogP contribution >= 0.6 is 11.6 Å². The van der Waals surface area contributed by atoms with Gasteiger partial charge in [-0.2, -0.15) is 0 Å². The molecule has 33 heavy (non-hydrogen) atoms. The van der Waals surface area contributed by atoms with Gasteiger partial charge in [0, 0.05) is 51.2 Å². The molecule has 176 valence electrons. The highest BCUT2D eigenvalue weighted by atomic mass is 35.5. The molecule has 3 atom stereocenters. The van der Waals surface area contributed by atoms with Crippen LogP contribution in [0.2, 0.25) is 5.02 Å². The second-order valence-electron chi connectivity index (χ2n) is 8.51. The summed E-state index contributed by atoms with van der Waals surface area (Å²) in [6.07, 6.45) is 6.09. The quantitative estimate of drug-likeness (QED) is 0.634. The summed E-state index contributed by atoms with van der Waals surface area (Å²) in [6.45, 7) is 0.623. The molecule has 1 saturated heterocycles. The van der Waals surface area contributed by atoms with Gasteiger partial charge < -0.3 is 19.7 Å². The number of nitrogens with one attached hydrogen (secondary N) is 1. The average Bonchev–Trinajstić information content (AvgIpc) is 3.15. The lowest BCUT2D eigenvalue weighted by molar-refractivity contribution is -0.197. The number of hydrogen-bond donors (Lipinski definition) is 1. The van der Waals surface area contributed by atoms with Gasteiger partial charge in [0.2, 0.25) is 5.91 Å². The first-order valence-corrected chi connectivity index (χ1v) is 11.0. The van der Waals surface area contributed by atoms with Gasteiger partial charge in [-0.15, -0.1) is 0 Å². The van der Waals surface area contributed by atoms with E-state index in [2.05, 4.69) is 15.3 Å². The van der Waals surface area contributed by atoms with Crippen molar-refractivity contribution in [2.24, 2.45) is 0 Å². The number of likely N-dealkylation sites (tertiary alicyclic amines) is 1. The Morgan fingerprint density at radius 1 is 1.36 bits per heavy atom. The monoisotopic (exact) mass is 475 g/mol. The zero-order chi connectivity index (χ0) is 23.8. The van der Waals surface area contributed by atoms with Gasteiger partial charge in [0.25, 0.3) is 0 Å². The van der Waals surface area contributed by atoms with Crippen molar-refractivity contribution in [2.75, 3.05) is 40.1 Å². The normalized spacial score (nSPS) is 24.5. The number of methoxy groups -OCH3 is 1. The van der Waals surface area contributed by atoms with Crippen molar-refractivity contribution < 1.29 is 18.7 Å².